The molecule has 4 rings (SSSR count). The molecule has 2 heterocycles. The standard InChI is InChI=1S/C20H20N4OS/c1-12(2)23-10-9-16-17(23)5-4-6-18(16)24-19(21-22-20(24)26)15-8-7-14(25)11-13(15)3/h4-12,25H,1-3H3,(H,22,26). The number of nitrogens with one attached hydrogen (secondary N) is 1. The van der Waals surface area contributed by atoms with Gasteiger partial charge in [0.2, 0.25) is 0 Å². The number of nitrogens with zero attached hydrogens (tertiary/aromatic N) is 3. The molecule has 0 unspecified atom stereocenters. The largest absolute Gasteiger partial charge is 0.508 e. The van der Waals surface area contributed by atoms with Gasteiger partial charge in [-0.1, -0.05) is 6.07 Å². The molecule has 0 aliphatic rings. The minimum atomic E-state index is 0.239. The van der Waals surface area contributed by atoms with Crippen LogP contribution in [0.2, 0.25) is 0 Å². The fraction of sp³-hybridized carbons (Fsp3) is 0.200. The molecule has 0 atom stereocenters. The van der Waals surface area contributed by atoms with E-state index in [2.05, 4.69) is 53.0 Å². The maximum Gasteiger partial charge on any atom is 0.200 e. The minimum absolute atomic E-state index is 0.239. The van der Waals surface area contributed by atoms with Crippen molar-refractivity contribution in [2.75, 3.05) is 0 Å². The lowest BCUT2D eigenvalue weighted by atomic mass is 10.1. The van der Waals surface area contributed by atoms with Gasteiger partial charge in [0.1, 0.15) is 5.75 Å². The molecule has 0 aliphatic heterocycles. The van der Waals surface area contributed by atoms with Gasteiger partial charge in [-0.05, 0) is 75.0 Å². The van der Waals surface area contributed by atoms with Crippen molar-refractivity contribution in [1.82, 2.24) is 19.3 Å². The number of hydrogen-bond donors (Lipinski definition) is 2. The summed E-state index contributed by atoms with van der Waals surface area (Å²) in [4.78, 5) is 0. The number of fused-ring (bicyclic) bond motifs is 1. The van der Waals surface area contributed by atoms with E-state index in [-0.39, 0.29) is 5.75 Å². The molecule has 0 amide bonds. The highest BCUT2D eigenvalue weighted by molar-refractivity contribution is 7.71. The number of phenolic OH excluding ortho intramolecular Hbond substituents is 1. The molecule has 0 fully saturated rings. The van der Waals surface area contributed by atoms with Gasteiger partial charge in [0, 0.05) is 23.2 Å². The Balaban J connectivity index is 2.00. The van der Waals surface area contributed by atoms with Gasteiger partial charge in [0.25, 0.3) is 0 Å². The Morgan fingerprint density at radius 1 is 1.15 bits per heavy atom. The second-order valence-corrected chi connectivity index (χ2v) is 7.10. The molecule has 0 spiro atoms. The van der Waals surface area contributed by atoms with Crippen LogP contribution in [0.3, 0.4) is 0 Å². The Morgan fingerprint density at radius 2 is 1.96 bits per heavy atom. The average Bonchev–Trinajstić information content (AvgIpc) is 3.18. The third-order valence-electron chi connectivity index (χ3n) is 4.66. The van der Waals surface area contributed by atoms with Crippen LogP contribution >= 0.6 is 12.2 Å². The first kappa shape index (κ1) is 16.6. The summed E-state index contributed by atoms with van der Waals surface area (Å²) < 4.78 is 4.74. The van der Waals surface area contributed by atoms with Gasteiger partial charge in [-0.3, -0.25) is 9.67 Å². The molecule has 4 aromatic rings. The van der Waals surface area contributed by atoms with Crippen molar-refractivity contribution in [2.45, 2.75) is 26.8 Å². The number of rotatable bonds is 3. The van der Waals surface area contributed by atoms with E-state index in [4.69, 9.17) is 12.2 Å². The van der Waals surface area contributed by atoms with Crippen LogP contribution in [0.4, 0.5) is 0 Å². The van der Waals surface area contributed by atoms with Crippen LogP contribution in [-0.4, -0.2) is 24.4 Å². The van der Waals surface area contributed by atoms with Crippen LogP contribution in [0.25, 0.3) is 28.0 Å². The van der Waals surface area contributed by atoms with Crippen molar-refractivity contribution in [3.63, 3.8) is 0 Å². The molecular formula is C20H20N4OS. The van der Waals surface area contributed by atoms with Crippen molar-refractivity contribution in [2.24, 2.45) is 0 Å². The Kier molecular flexibility index (Phi) is 3.92. The highest BCUT2D eigenvalue weighted by Crippen LogP contribution is 2.31. The molecule has 6 heteroatoms. The molecule has 2 aromatic heterocycles. The molecule has 132 valence electrons. The van der Waals surface area contributed by atoms with Crippen LogP contribution in [0.15, 0.2) is 48.7 Å². The predicted molar refractivity (Wildman–Crippen MR) is 106 cm³/mol. The molecule has 0 saturated heterocycles. The summed E-state index contributed by atoms with van der Waals surface area (Å²) in [5.41, 5.74) is 4.01. The Morgan fingerprint density at radius 3 is 2.69 bits per heavy atom. The molecule has 0 bridgehead atoms. The van der Waals surface area contributed by atoms with E-state index in [1.54, 1.807) is 12.1 Å². The van der Waals surface area contributed by atoms with Gasteiger partial charge in [0.05, 0.1) is 11.2 Å². The molecule has 2 aromatic carbocycles. The van der Waals surface area contributed by atoms with Crippen LogP contribution in [0.1, 0.15) is 25.5 Å². The molecule has 0 aliphatic carbocycles. The maximum absolute atomic E-state index is 9.71. The third kappa shape index (κ3) is 2.54. The van der Waals surface area contributed by atoms with Crippen LogP contribution in [0, 0.1) is 11.7 Å². The van der Waals surface area contributed by atoms with E-state index < -0.39 is 0 Å². The SMILES string of the molecule is Cc1cc(O)ccc1-c1n[nH]c(=S)n1-c1cccc2c1ccn2C(C)C. The van der Waals surface area contributed by atoms with Crippen molar-refractivity contribution < 1.29 is 5.11 Å². The fourth-order valence-electron chi connectivity index (χ4n) is 3.42. The first-order chi connectivity index (χ1) is 12.5. The van der Waals surface area contributed by atoms with Crippen molar-refractivity contribution in [3.8, 4) is 22.8 Å². The Labute approximate surface area is 156 Å². The van der Waals surface area contributed by atoms with Gasteiger partial charge in [-0.15, -0.1) is 0 Å². The summed E-state index contributed by atoms with van der Waals surface area (Å²) in [6.45, 7) is 6.29. The number of benzene rings is 2. The van der Waals surface area contributed by atoms with Crippen molar-refractivity contribution in [3.05, 3.63) is 59.0 Å². The normalized spacial score (nSPS) is 11.5. The fourth-order valence-corrected chi connectivity index (χ4v) is 3.65. The van der Waals surface area contributed by atoms with E-state index in [1.807, 2.05) is 23.6 Å². The van der Waals surface area contributed by atoms with E-state index in [9.17, 15) is 5.11 Å². The number of aromatic nitrogens is 4. The highest BCUT2D eigenvalue weighted by atomic mass is 32.1. The predicted octanol–water partition coefficient (Wildman–Crippen LogP) is 5.15. The van der Waals surface area contributed by atoms with Gasteiger partial charge in [-0.2, -0.15) is 5.10 Å². The van der Waals surface area contributed by atoms with Gasteiger partial charge >= 0.3 is 0 Å². The number of aromatic hydroxyl groups is 1. The summed E-state index contributed by atoms with van der Waals surface area (Å²) in [6.07, 6.45) is 2.11. The van der Waals surface area contributed by atoms with E-state index >= 15 is 0 Å². The second-order valence-electron chi connectivity index (χ2n) is 6.71. The summed E-state index contributed by atoms with van der Waals surface area (Å²) >= 11 is 5.53. The Bertz CT molecular complexity index is 1170. The summed E-state index contributed by atoms with van der Waals surface area (Å²) in [7, 11) is 0. The number of phenols is 1. The van der Waals surface area contributed by atoms with Crippen molar-refractivity contribution >= 4 is 23.1 Å². The first-order valence-electron chi connectivity index (χ1n) is 8.54. The lowest BCUT2D eigenvalue weighted by molar-refractivity contribution is 0.475. The lowest BCUT2D eigenvalue weighted by Gasteiger charge is -2.13. The smallest absolute Gasteiger partial charge is 0.200 e. The highest BCUT2D eigenvalue weighted by Gasteiger charge is 2.16. The Hall–Kier alpha value is -2.86. The quantitative estimate of drug-likeness (QED) is 0.495. The van der Waals surface area contributed by atoms with E-state index in [0.717, 1.165) is 33.5 Å². The lowest BCUT2D eigenvalue weighted by Crippen LogP contribution is -2.01. The average molecular weight is 364 g/mol. The number of aromatic amines is 1. The number of H-pyrrole nitrogens is 1. The van der Waals surface area contributed by atoms with Crippen LogP contribution < -0.4 is 0 Å². The summed E-state index contributed by atoms with van der Waals surface area (Å²) in [5.74, 6) is 0.973. The third-order valence-corrected chi connectivity index (χ3v) is 4.93. The molecule has 0 radical (unpaired) electrons. The molecule has 2 N–H and O–H groups in total. The zero-order valence-electron chi connectivity index (χ0n) is 14.9. The van der Waals surface area contributed by atoms with Gasteiger partial charge < -0.3 is 9.67 Å². The van der Waals surface area contributed by atoms with E-state index in [0.29, 0.717) is 10.8 Å². The zero-order chi connectivity index (χ0) is 18.4. The van der Waals surface area contributed by atoms with E-state index in [1.165, 1.54) is 0 Å². The van der Waals surface area contributed by atoms with Crippen molar-refractivity contribution in [1.29, 1.82) is 0 Å². The zero-order valence-corrected chi connectivity index (χ0v) is 15.7. The second kappa shape index (κ2) is 6.14. The topological polar surface area (TPSA) is 58.8 Å². The van der Waals surface area contributed by atoms with Gasteiger partial charge in [0.15, 0.2) is 10.6 Å². The summed E-state index contributed by atoms with van der Waals surface area (Å²) in [6, 6.07) is 14.0. The van der Waals surface area contributed by atoms with Crippen LogP contribution in [0.5, 0.6) is 5.75 Å². The van der Waals surface area contributed by atoms with Gasteiger partial charge in [-0.25, -0.2) is 0 Å². The number of hydrogen-bond acceptors (Lipinski definition) is 3. The molecular weight excluding hydrogens is 344 g/mol. The first-order valence-corrected chi connectivity index (χ1v) is 8.95. The molecule has 5 nitrogen and oxygen atoms in total. The molecule has 26 heavy (non-hydrogen) atoms. The maximum atomic E-state index is 9.71. The monoisotopic (exact) mass is 364 g/mol. The van der Waals surface area contributed by atoms with Crippen LogP contribution in [-0.2, 0) is 0 Å². The summed E-state index contributed by atoms with van der Waals surface area (Å²) in [5, 5.41) is 18.2. The minimum Gasteiger partial charge on any atom is -0.508 e. The number of aryl methyl sites for hydroxylation is 1. The molecule has 0 saturated carbocycles.